The van der Waals surface area contributed by atoms with Crippen molar-refractivity contribution in [3.05, 3.63) is 0 Å². The zero-order valence-electron chi connectivity index (χ0n) is 12.3. The molecule has 114 valence electrons. The van der Waals surface area contributed by atoms with Crippen molar-refractivity contribution in [3.63, 3.8) is 0 Å². The molecule has 0 aliphatic carbocycles. The Morgan fingerprint density at radius 3 is 2.47 bits per heavy atom. The minimum absolute atomic E-state index is 0. The number of thioether (sulfide) groups is 1. The first-order chi connectivity index (χ1) is 8.38. The maximum atomic E-state index is 10.9. The Labute approximate surface area is 127 Å². The van der Waals surface area contributed by atoms with Crippen LogP contribution in [0.25, 0.3) is 0 Å². The Morgan fingerprint density at radius 1 is 1.42 bits per heavy atom. The minimum Gasteiger partial charge on any atom is -0.355 e. The molecule has 3 N–H and O–H groups in total. The number of nitrogens with zero attached hydrogens (tertiary/aromatic N) is 1. The summed E-state index contributed by atoms with van der Waals surface area (Å²) in [5.74, 6) is 2.53. The second-order valence-corrected chi connectivity index (χ2v) is 7.01. The third-order valence-electron chi connectivity index (χ3n) is 3.09. The molecule has 1 amide bonds. The molecule has 0 atom stereocenters. The Morgan fingerprint density at radius 2 is 2.00 bits per heavy atom. The van der Waals surface area contributed by atoms with Gasteiger partial charge < -0.3 is 11.1 Å². The van der Waals surface area contributed by atoms with Crippen molar-refractivity contribution in [2.45, 2.75) is 45.2 Å². The molecule has 0 aromatic rings. The van der Waals surface area contributed by atoms with Crippen molar-refractivity contribution in [3.8, 4) is 0 Å². The normalized spacial score (nSPS) is 17.1. The van der Waals surface area contributed by atoms with Crippen molar-refractivity contribution < 1.29 is 4.79 Å². The van der Waals surface area contributed by atoms with Crippen molar-refractivity contribution in [1.29, 1.82) is 0 Å². The summed E-state index contributed by atoms with van der Waals surface area (Å²) in [4.78, 5) is 13.4. The molecule has 1 heterocycles. The van der Waals surface area contributed by atoms with Gasteiger partial charge in [0.15, 0.2) is 0 Å². The van der Waals surface area contributed by atoms with Crippen LogP contribution in [0.5, 0.6) is 0 Å². The van der Waals surface area contributed by atoms with Gasteiger partial charge in [0, 0.05) is 38.1 Å². The summed E-state index contributed by atoms with van der Waals surface area (Å²) >= 11 is 2.04. The highest BCUT2D eigenvalue weighted by Crippen LogP contribution is 2.22. The number of carbonyl (C=O) groups excluding carboxylic acids is 1. The molecule has 0 unspecified atom stereocenters. The van der Waals surface area contributed by atoms with Crippen LogP contribution < -0.4 is 11.1 Å². The van der Waals surface area contributed by atoms with Crippen LogP contribution >= 0.6 is 24.2 Å². The zero-order chi connectivity index (χ0) is 13.6. The predicted molar refractivity (Wildman–Crippen MR) is 86.1 cm³/mol. The summed E-state index contributed by atoms with van der Waals surface area (Å²) in [5.41, 5.74) is 5.96. The van der Waals surface area contributed by atoms with Crippen LogP contribution in [-0.4, -0.2) is 53.5 Å². The monoisotopic (exact) mass is 309 g/mol. The maximum Gasteiger partial charge on any atom is 0.216 e. The fraction of sp³-hybridized carbons (Fsp3) is 0.923. The second kappa shape index (κ2) is 9.06. The molecule has 19 heavy (non-hydrogen) atoms. The van der Waals surface area contributed by atoms with E-state index in [2.05, 4.69) is 24.1 Å². The van der Waals surface area contributed by atoms with Crippen LogP contribution in [-0.2, 0) is 4.79 Å². The first-order valence-corrected chi connectivity index (χ1v) is 7.89. The van der Waals surface area contributed by atoms with Crippen LogP contribution in [0, 0.1) is 0 Å². The quantitative estimate of drug-likeness (QED) is 0.780. The lowest BCUT2D eigenvalue weighted by molar-refractivity contribution is -0.119. The SMILES string of the molecule is CC(=O)NCCN(CC(C)(C)N)C1CCSCC1.Cl. The first kappa shape index (κ1) is 19.0. The number of nitrogens with one attached hydrogen (secondary N) is 1. The maximum absolute atomic E-state index is 10.9. The Kier molecular flexibility index (Phi) is 9.07. The van der Waals surface area contributed by atoms with Gasteiger partial charge in [-0.1, -0.05) is 0 Å². The first-order valence-electron chi connectivity index (χ1n) is 6.73. The number of amides is 1. The molecular weight excluding hydrogens is 282 g/mol. The number of halogens is 1. The summed E-state index contributed by atoms with van der Waals surface area (Å²) in [5, 5.41) is 2.87. The molecule has 0 bridgehead atoms. The molecule has 0 aromatic heterocycles. The molecule has 0 radical (unpaired) electrons. The summed E-state index contributed by atoms with van der Waals surface area (Å²) in [6.07, 6.45) is 2.47. The number of nitrogens with two attached hydrogens (primary N) is 1. The molecule has 1 fully saturated rings. The largest absolute Gasteiger partial charge is 0.355 e. The van der Waals surface area contributed by atoms with Gasteiger partial charge in [-0.15, -0.1) is 12.4 Å². The number of hydrogen-bond donors (Lipinski definition) is 2. The molecular formula is C13H28ClN3OS. The van der Waals surface area contributed by atoms with E-state index in [1.54, 1.807) is 6.92 Å². The average molecular weight is 310 g/mol. The van der Waals surface area contributed by atoms with Crippen LogP contribution in [0.2, 0.25) is 0 Å². The van der Waals surface area contributed by atoms with E-state index in [1.807, 2.05) is 11.8 Å². The minimum atomic E-state index is -0.180. The van der Waals surface area contributed by atoms with Crippen LogP contribution in [0.15, 0.2) is 0 Å². The zero-order valence-corrected chi connectivity index (χ0v) is 13.9. The Balaban J connectivity index is 0.00000324. The highest BCUT2D eigenvalue weighted by molar-refractivity contribution is 7.99. The molecule has 1 aliphatic rings. The van der Waals surface area contributed by atoms with E-state index in [1.165, 1.54) is 24.3 Å². The van der Waals surface area contributed by atoms with Gasteiger partial charge in [-0.05, 0) is 38.2 Å². The van der Waals surface area contributed by atoms with E-state index in [0.29, 0.717) is 6.04 Å². The van der Waals surface area contributed by atoms with Gasteiger partial charge in [-0.25, -0.2) is 0 Å². The fourth-order valence-corrected chi connectivity index (χ4v) is 3.42. The van der Waals surface area contributed by atoms with E-state index in [4.69, 9.17) is 5.73 Å². The van der Waals surface area contributed by atoms with E-state index in [-0.39, 0.29) is 23.9 Å². The predicted octanol–water partition coefficient (Wildman–Crippen LogP) is 1.48. The molecule has 0 saturated carbocycles. The van der Waals surface area contributed by atoms with E-state index < -0.39 is 0 Å². The van der Waals surface area contributed by atoms with Gasteiger partial charge >= 0.3 is 0 Å². The van der Waals surface area contributed by atoms with Gasteiger partial charge in [0.2, 0.25) is 5.91 Å². The third kappa shape index (κ3) is 8.74. The highest BCUT2D eigenvalue weighted by atomic mass is 35.5. The molecule has 6 heteroatoms. The summed E-state index contributed by atoms with van der Waals surface area (Å²) in [6.45, 7) is 8.20. The lowest BCUT2D eigenvalue weighted by Gasteiger charge is -2.38. The van der Waals surface area contributed by atoms with Crippen molar-refractivity contribution in [2.24, 2.45) is 5.73 Å². The second-order valence-electron chi connectivity index (χ2n) is 5.79. The lowest BCUT2D eigenvalue weighted by Crippen LogP contribution is -2.51. The molecule has 1 aliphatic heterocycles. The van der Waals surface area contributed by atoms with Gasteiger partial charge in [-0.2, -0.15) is 11.8 Å². The third-order valence-corrected chi connectivity index (χ3v) is 4.14. The van der Waals surface area contributed by atoms with Crippen LogP contribution in [0.4, 0.5) is 0 Å². The van der Waals surface area contributed by atoms with Gasteiger partial charge in [-0.3, -0.25) is 9.69 Å². The van der Waals surface area contributed by atoms with Gasteiger partial charge in [0.1, 0.15) is 0 Å². The topological polar surface area (TPSA) is 58.4 Å². The van der Waals surface area contributed by atoms with Crippen molar-refractivity contribution >= 4 is 30.1 Å². The van der Waals surface area contributed by atoms with Crippen molar-refractivity contribution in [1.82, 2.24) is 10.2 Å². The van der Waals surface area contributed by atoms with E-state index in [9.17, 15) is 4.79 Å². The highest BCUT2D eigenvalue weighted by Gasteiger charge is 2.25. The summed E-state index contributed by atoms with van der Waals surface area (Å²) in [6, 6.07) is 0.628. The Bertz CT molecular complexity index is 265. The Hall–Kier alpha value is 0.0300. The number of carbonyl (C=O) groups is 1. The lowest BCUT2D eigenvalue weighted by atomic mass is 10.0. The number of hydrogen-bond acceptors (Lipinski definition) is 4. The van der Waals surface area contributed by atoms with Crippen LogP contribution in [0.1, 0.15) is 33.6 Å². The molecule has 4 nitrogen and oxygen atoms in total. The van der Waals surface area contributed by atoms with E-state index in [0.717, 1.165) is 19.6 Å². The average Bonchev–Trinajstić information content (AvgIpc) is 2.27. The molecule has 0 aromatic carbocycles. The molecule has 1 saturated heterocycles. The van der Waals surface area contributed by atoms with Gasteiger partial charge in [0.05, 0.1) is 0 Å². The van der Waals surface area contributed by atoms with Crippen molar-refractivity contribution in [2.75, 3.05) is 31.1 Å². The fourth-order valence-electron chi connectivity index (χ4n) is 2.34. The standard InChI is InChI=1S/C13H27N3OS.ClH/c1-11(17)15-6-7-16(10-13(2,3)14)12-4-8-18-9-5-12;/h12H,4-10,14H2,1-3H3,(H,15,17);1H. The number of rotatable bonds is 6. The summed E-state index contributed by atoms with van der Waals surface area (Å²) < 4.78 is 0. The van der Waals surface area contributed by atoms with E-state index >= 15 is 0 Å². The smallest absolute Gasteiger partial charge is 0.216 e. The van der Waals surface area contributed by atoms with Gasteiger partial charge in [0.25, 0.3) is 0 Å². The summed E-state index contributed by atoms with van der Waals surface area (Å²) in [7, 11) is 0. The molecule has 0 spiro atoms. The molecule has 1 rings (SSSR count). The van der Waals surface area contributed by atoms with Crippen LogP contribution in [0.3, 0.4) is 0 Å².